The molecule has 2 aromatic carbocycles. The van der Waals surface area contributed by atoms with Crippen molar-refractivity contribution >= 4 is 22.8 Å². The van der Waals surface area contributed by atoms with Gasteiger partial charge in [0, 0.05) is 50.3 Å². The molecule has 0 saturated carbocycles. The number of nitrogens with one attached hydrogen (secondary N) is 1. The smallest absolute Gasteiger partial charge is 0.327 e. The van der Waals surface area contributed by atoms with Crippen molar-refractivity contribution in [1.29, 1.82) is 0 Å². The molecule has 3 heterocycles. The lowest BCUT2D eigenvalue weighted by atomic mass is 10.1. The first-order valence-corrected chi connectivity index (χ1v) is 11.1. The molecule has 4 aromatic rings. The molecule has 174 valence electrons. The Hall–Kier alpha value is -4.05. The second-order valence-corrected chi connectivity index (χ2v) is 8.16. The minimum absolute atomic E-state index is 0.0760. The number of benzene rings is 2. The highest BCUT2D eigenvalue weighted by Crippen LogP contribution is 2.29. The number of carbonyl (C=O) groups is 1. The first-order chi connectivity index (χ1) is 16.6. The number of ether oxygens (including phenoxy) is 2. The minimum atomic E-state index is -0.0760. The summed E-state index contributed by atoms with van der Waals surface area (Å²) in [5.74, 6) is 1.48. The van der Waals surface area contributed by atoms with Gasteiger partial charge >= 0.3 is 6.01 Å². The number of nitrogens with zero attached hydrogens (tertiary/aromatic N) is 6. The topological polar surface area (TPSA) is 109 Å². The summed E-state index contributed by atoms with van der Waals surface area (Å²) in [6.45, 7) is 2.78. The molecule has 5 rings (SSSR count). The maximum atomic E-state index is 12.2. The number of aromatic amines is 1. The van der Waals surface area contributed by atoms with Crippen LogP contribution in [0.1, 0.15) is 16.8 Å². The van der Waals surface area contributed by atoms with E-state index in [2.05, 4.69) is 25.1 Å². The highest BCUT2D eigenvalue weighted by atomic mass is 16.5. The van der Waals surface area contributed by atoms with Crippen molar-refractivity contribution in [1.82, 2.24) is 30.0 Å². The first-order valence-electron chi connectivity index (χ1n) is 11.1. The quantitative estimate of drug-likeness (QED) is 0.485. The standard InChI is InChI=1S/C24H25N7O3/c1-30(2)22(32)16-7-9-17(10-8-16)34-24-27-21(18-5-3-6-20-19(18)15-25-29-20)26-23(28-24)31-11-4-13-33-14-12-31/h3,5-10,15H,4,11-14H2,1-2H3,(H,25,29). The highest BCUT2D eigenvalue weighted by Gasteiger charge is 2.19. The van der Waals surface area contributed by atoms with Gasteiger partial charge in [-0.3, -0.25) is 9.89 Å². The van der Waals surface area contributed by atoms with E-state index in [-0.39, 0.29) is 11.9 Å². The van der Waals surface area contributed by atoms with E-state index in [1.807, 2.05) is 18.2 Å². The molecule has 0 aliphatic carbocycles. The molecule has 0 atom stereocenters. The van der Waals surface area contributed by atoms with Gasteiger partial charge in [-0.25, -0.2) is 0 Å². The molecule has 0 unspecified atom stereocenters. The summed E-state index contributed by atoms with van der Waals surface area (Å²) in [6.07, 6.45) is 2.64. The lowest BCUT2D eigenvalue weighted by Crippen LogP contribution is -2.28. The number of aromatic nitrogens is 5. The Morgan fingerprint density at radius 2 is 1.91 bits per heavy atom. The van der Waals surface area contributed by atoms with Gasteiger partial charge in [0.2, 0.25) is 5.95 Å². The summed E-state index contributed by atoms with van der Waals surface area (Å²) < 4.78 is 11.6. The summed E-state index contributed by atoms with van der Waals surface area (Å²) in [4.78, 5) is 29.8. The van der Waals surface area contributed by atoms with Gasteiger partial charge in [0.25, 0.3) is 5.91 Å². The van der Waals surface area contributed by atoms with Crippen LogP contribution in [0.4, 0.5) is 5.95 Å². The van der Waals surface area contributed by atoms with Crippen LogP contribution in [0.5, 0.6) is 11.8 Å². The Morgan fingerprint density at radius 3 is 2.74 bits per heavy atom. The lowest BCUT2D eigenvalue weighted by Gasteiger charge is -2.20. The zero-order valence-corrected chi connectivity index (χ0v) is 19.1. The molecule has 10 nitrogen and oxygen atoms in total. The fraction of sp³-hybridized carbons (Fsp3) is 0.292. The summed E-state index contributed by atoms with van der Waals surface area (Å²) in [6, 6.07) is 12.9. The number of anilines is 1. The number of carbonyl (C=O) groups excluding carboxylic acids is 1. The van der Waals surface area contributed by atoms with Gasteiger partial charge in [0.15, 0.2) is 5.82 Å². The molecule has 1 N–H and O–H groups in total. The summed E-state index contributed by atoms with van der Waals surface area (Å²) in [5.41, 5.74) is 2.30. The van der Waals surface area contributed by atoms with E-state index in [4.69, 9.17) is 14.5 Å². The first kappa shape index (κ1) is 21.8. The summed E-state index contributed by atoms with van der Waals surface area (Å²) >= 11 is 0. The van der Waals surface area contributed by atoms with Crippen molar-refractivity contribution in [2.24, 2.45) is 0 Å². The van der Waals surface area contributed by atoms with Gasteiger partial charge < -0.3 is 19.3 Å². The van der Waals surface area contributed by atoms with E-state index in [9.17, 15) is 4.79 Å². The summed E-state index contributed by atoms with van der Waals surface area (Å²) in [5, 5.41) is 8.05. The number of amides is 1. The second-order valence-electron chi connectivity index (χ2n) is 8.16. The van der Waals surface area contributed by atoms with Crippen LogP contribution in [0.25, 0.3) is 22.3 Å². The van der Waals surface area contributed by atoms with E-state index in [1.165, 1.54) is 4.90 Å². The fourth-order valence-electron chi connectivity index (χ4n) is 3.79. The molecule has 1 amide bonds. The molecule has 1 aliphatic rings. The molecular weight excluding hydrogens is 434 g/mol. The van der Waals surface area contributed by atoms with Crippen LogP contribution in [0.2, 0.25) is 0 Å². The van der Waals surface area contributed by atoms with Crippen LogP contribution >= 0.6 is 0 Å². The molecule has 0 bridgehead atoms. The average molecular weight is 460 g/mol. The third-order valence-electron chi connectivity index (χ3n) is 5.55. The van der Waals surface area contributed by atoms with Gasteiger partial charge in [-0.15, -0.1) is 0 Å². The van der Waals surface area contributed by atoms with Crippen LogP contribution in [-0.2, 0) is 4.74 Å². The number of fused-ring (bicyclic) bond motifs is 1. The molecular formula is C24H25N7O3. The third kappa shape index (κ3) is 4.53. The van der Waals surface area contributed by atoms with Crippen molar-refractivity contribution in [2.45, 2.75) is 6.42 Å². The molecule has 1 aliphatic heterocycles. The monoisotopic (exact) mass is 459 g/mol. The predicted octanol–water partition coefficient (Wildman–Crippen LogP) is 3.14. The van der Waals surface area contributed by atoms with Crippen LogP contribution in [0.3, 0.4) is 0 Å². The molecule has 1 fully saturated rings. The predicted molar refractivity (Wildman–Crippen MR) is 127 cm³/mol. The van der Waals surface area contributed by atoms with E-state index >= 15 is 0 Å². The van der Waals surface area contributed by atoms with E-state index in [0.29, 0.717) is 42.8 Å². The Bertz CT molecular complexity index is 1300. The zero-order chi connectivity index (χ0) is 23.5. The van der Waals surface area contributed by atoms with Crippen molar-refractivity contribution < 1.29 is 14.3 Å². The maximum absolute atomic E-state index is 12.2. The Kier molecular flexibility index (Phi) is 6.05. The van der Waals surface area contributed by atoms with Crippen molar-refractivity contribution in [3.63, 3.8) is 0 Å². The van der Waals surface area contributed by atoms with Gasteiger partial charge in [-0.05, 0) is 36.8 Å². The third-order valence-corrected chi connectivity index (χ3v) is 5.55. The maximum Gasteiger partial charge on any atom is 0.327 e. The van der Waals surface area contributed by atoms with Gasteiger partial charge in [0.1, 0.15) is 5.75 Å². The van der Waals surface area contributed by atoms with Crippen LogP contribution in [0, 0.1) is 0 Å². The molecule has 34 heavy (non-hydrogen) atoms. The van der Waals surface area contributed by atoms with Gasteiger partial charge in [-0.2, -0.15) is 20.1 Å². The van der Waals surface area contributed by atoms with Crippen molar-refractivity contribution in [3.8, 4) is 23.1 Å². The van der Waals surface area contributed by atoms with Crippen molar-refractivity contribution in [3.05, 3.63) is 54.2 Å². The van der Waals surface area contributed by atoms with Crippen LogP contribution in [-0.4, -0.2) is 76.4 Å². The largest absolute Gasteiger partial charge is 0.424 e. The van der Waals surface area contributed by atoms with Crippen molar-refractivity contribution in [2.75, 3.05) is 45.3 Å². The molecule has 2 aromatic heterocycles. The van der Waals surface area contributed by atoms with Crippen LogP contribution < -0.4 is 9.64 Å². The van der Waals surface area contributed by atoms with Gasteiger partial charge in [0.05, 0.1) is 18.3 Å². The van der Waals surface area contributed by atoms with E-state index < -0.39 is 0 Å². The lowest BCUT2D eigenvalue weighted by molar-refractivity contribution is 0.0827. The molecule has 1 saturated heterocycles. The normalized spacial score (nSPS) is 14.1. The van der Waals surface area contributed by atoms with E-state index in [1.54, 1.807) is 44.6 Å². The van der Waals surface area contributed by atoms with E-state index in [0.717, 1.165) is 29.4 Å². The minimum Gasteiger partial charge on any atom is -0.424 e. The Labute approximate surface area is 196 Å². The summed E-state index contributed by atoms with van der Waals surface area (Å²) in [7, 11) is 3.43. The Balaban J connectivity index is 1.52. The number of rotatable bonds is 5. The number of hydrogen-bond donors (Lipinski definition) is 1. The number of hydrogen-bond acceptors (Lipinski definition) is 8. The fourth-order valence-corrected chi connectivity index (χ4v) is 3.79. The molecule has 0 spiro atoms. The number of H-pyrrole nitrogens is 1. The zero-order valence-electron chi connectivity index (χ0n) is 19.1. The van der Waals surface area contributed by atoms with Crippen LogP contribution in [0.15, 0.2) is 48.7 Å². The molecule has 0 radical (unpaired) electrons. The van der Waals surface area contributed by atoms with Gasteiger partial charge in [-0.1, -0.05) is 12.1 Å². The molecule has 10 heteroatoms. The second kappa shape index (κ2) is 9.44. The Morgan fingerprint density at radius 1 is 1.06 bits per heavy atom. The highest BCUT2D eigenvalue weighted by molar-refractivity contribution is 5.94. The average Bonchev–Trinajstić information content (AvgIpc) is 3.17. The SMILES string of the molecule is CN(C)C(=O)c1ccc(Oc2nc(-c3cccc4[nH]ncc34)nc(N3CCCOCC3)n2)cc1.